The van der Waals surface area contributed by atoms with E-state index >= 15 is 0 Å². The van der Waals surface area contributed by atoms with Gasteiger partial charge in [-0.1, -0.05) is 54.1 Å². The molecular weight excluding hydrogens is 430 g/mol. The Hall–Kier alpha value is -2.87. The van der Waals surface area contributed by atoms with Gasteiger partial charge >= 0.3 is 0 Å². The average Bonchev–Trinajstić information content (AvgIpc) is 3.17. The zero-order chi connectivity index (χ0) is 22.1. The first-order valence-corrected chi connectivity index (χ1v) is 12.7. The zero-order valence-electron chi connectivity index (χ0n) is 17.9. The number of aryl methyl sites for hydroxylation is 1. The van der Waals surface area contributed by atoms with Crippen LogP contribution in [0.15, 0.2) is 77.7 Å². The minimum absolute atomic E-state index is 0.0141. The van der Waals surface area contributed by atoms with E-state index in [9.17, 15) is 4.79 Å². The van der Waals surface area contributed by atoms with Crippen molar-refractivity contribution >= 4 is 40.3 Å². The molecule has 3 aromatic carbocycles. The van der Waals surface area contributed by atoms with Gasteiger partial charge in [0.1, 0.15) is 0 Å². The van der Waals surface area contributed by atoms with Crippen molar-refractivity contribution in [2.24, 2.45) is 0 Å². The van der Waals surface area contributed by atoms with Crippen LogP contribution < -0.4 is 0 Å². The van der Waals surface area contributed by atoms with Gasteiger partial charge in [-0.05, 0) is 43.4 Å². The minimum Gasteiger partial charge on any atom is -0.275 e. The zero-order valence-corrected chi connectivity index (χ0v) is 19.5. The topological polar surface area (TPSA) is 22.0 Å². The van der Waals surface area contributed by atoms with Crippen LogP contribution in [0, 0.1) is 19.3 Å². The van der Waals surface area contributed by atoms with Gasteiger partial charge in [-0.25, -0.2) is 0 Å². The summed E-state index contributed by atoms with van der Waals surface area (Å²) < 4.78 is 2.15. The van der Waals surface area contributed by atoms with Gasteiger partial charge in [0.2, 0.25) is 0 Å². The molecule has 1 aromatic heterocycles. The maximum atomic E-state index is 13.8. The third kappa shape index (κ3) is 3.66. The van der Waals surface area contributed by atoms with Crippen molar-refractivity contribution in [3.05, 3.63) is 89.5 Å². The Morgan fingerprint density at radius 1 is 1.06 bits per heavy atom. The van der Waals surface area contributed by atoms with Gasteiger partial charge in [-0.3, -0.25) is 9.36 Å². The van der Waals surface area contributed by atoms with Crippen LogP contribution >= 0.6 is 23.5 Å². The summed E-state index contributed by atoms with van der Waals surface area (Å²) in [5.41, 5.74) is 6.22. The number of carbonyl (C=O) groups is 1. The van der Waals surface area contributed by atoms with E-state index in [4.69, 9.17) is 6.42 Å². The Kier molecular flexibility index (Phi) is 5.87. The molecule has 4 aromatic rings. The molecule has 158 valence electrons. The van der Waals surface area contributed by atoms with Crippen molar-refractivity contribution in [1.82, 2.24) is 4.57 Å². The van der Waals surface area contributed by atoms with Crippen molar-refractivity contribution in [2.45, 2.75) is 29.2 Å². The summed E-state index contributed by atoms with van der Waals surface area (Å²) in [5.74, 6) is 3.75. The molecule has 0 fully saturated rings. The number of thioether (sulfide) groups is 2. The van der Waals surface area contributed by atoms with Gasteiger partial charge in [0.05, 0.1) is 15.8 Å². The lowest BCUT2D eigenvalue weighted by molar-refractivity contribution is 0.0966. The summed E-state index contributed by atoms with van der Waals surface area (Å²) in [6, 6.07) is 24.6. The molecule has 0 amide bonds. The van der Waals surface area contributed by atoms with Crippen molar-refractivity contribution in [2.75, 3.05) is 5.75 Å². The number of rotatable bonds is 5. The molecule has 2 heterocycles. The minimum atomic E-state index is 0.0141. The number of fused-ring (bicyclic) bond motifs is 5. The number of hydrogen-bond acceptors (Lipinski definition) is 3. The van der Waals surface area contributed by atoms with Crippen LogP contribution in [0.25, 0.3) is 22.2 Å². The van der Waals surface area contributed by atoms with Crippen molar-refractivity contribution < 1.29 is 4.79 Å². The largest absolute Gasteiger partial charge is 0.275 e. The van der Waals surface area contributed by atoms with Gasteiger partial charge < -0.3 is 0 Å². The summed E-state index contributed by atoms with van der Waals surface area (Å²) >= 11 is 3.81. The van der Waals surface area contributed by atoms with E-state index in [1.165, 1.54) is 10.5 Å². The molecule has 0 saturated carbocycles. The molecule has 0 spiro atoms. The number of para-hydroxylation sites is 1. The van der Waals surface area contributed by atoms with Gasteiger partial charge in [0, 0.05) is 33.4 Å². The second-order valence-corrected chi connectivity index (χ2v) is 10.6. The number of carbonyl (C=O) groups excluding carboxylic acids is 1. The third-order valence-electron chi connectivity index (χ3n) is 5.76. The molecule has 0 bridgehead atoms. The molecule has 1 aliphatic heterocycles. The number of aromatic nitrogens is 1. The molecule has 1 unspecified atom stereocenters. The third-order valence-corrected chi connectivity index (χ3v) is 8.58. The quantitative estimate of drug-likeness (QED) is 0.230. The van der Waals surface area contributed by atoms with Gasteiger partial charge in [0.25, 0.3) is 5.91 Å². The van der Waals surface area contributed by atoms with E-state index in [0.717, 1.165) is 46.3 Å². The number of nitrogens with zero attached hydrogens (tertiary/aromatic N) is 1. The summed E-state index contributed by atoms with van der Waals surface area (Å²) in [4.78, 5) is 15.1. The molecule has 4 heteroatoms. The fraction of sp³-hybridized carbons (Fsp3) is 0.179. The van der Waals surface area contributed by atoms with Crippen molar-refractivity contribution in [1.29, 1.82) is 0 Å². The molecule has 0 aliphatic carbocycles. The molecule has 1 aliphatic rings. The first-order chi connectivity index (χ1) is 15.7. The Morgan fingerprint density at radius 3 is 2.62 bits per heavy atom. The van der Waals surface area contributed by atoms with E-state index in [1.807, 2.05) is 65.3 Å². The Morgan fingerprint density at radius 2 is 1.81 bits per heavy atom. The lowest BCUT2D eigenvalue weighted by atomic mass is 10.1. The highest BCUT2D eigenvalue weighted by molar-refractivity contribution is 8.16. The standard InChI is InChI=1S/C28H23NOS2/c1-3-4-9-18-31-28-25-21-10-5-7-12-23(21)29(27(30)20-16-14-19(2)15-17-20)26(25)22-11-6-8-13-24(22)32-28/h1,5-8,10-17,28H,4,9,18H2,2H3. The van der Waals surface area contributed by atoms with Crippen molar-refractivity contribution in [3.8, 4) is 23.6 Å². The van der Waals surface area contributed by atoms with Crippen LogP contribution in [0.3, 0.4) is 0 Å². The predicted molar refractivity (Wildman–Crippen MR) is 137 cm³/mol. The lowest BCUT2D eigenvalue weighted by Crippen LogP contribution is -2.15. The average molecular weight is 454 g/mol. The van der Waals surface area contributed by atoms with Crippen LogP contribution in [-0.2, 0) is 0 Å². The first kappa shape index (κ1) is 21.0. The van der Waals surface area contributed by atoms with Crippen molar-refractivity contribution in [3.63, 3.8) is 0 Å². The van der Waals surface area contributed by atoms with Crippen LogP contribution in [-0.4, -0.2) is 16.2 Å². The molecule has 0 radical (unpaired) electrons. The molecule has 1 atom stereocenters. The lowest BCUT2D eigenvalue weighted by Gasteiger charge is -2.26. The van der Waals surface area contributed by atoms with Crippen LogP contribution in [0.1, 0.15) is 38.9 Å². The van der Waals surface area contributed by atoms with Crippen LogP contribution in [0.4, 0.5) is 0 Å². The van der Waals surface area contributed by atoms with Gasteiger partial charge in [0.15, 0.2) is 0 Å². The number of terminal acetylenes is 1. The molecule has 0 saturated heterocycles. The molecule has 5 rings (SSSR count). The molecule has 32 heavy (non-hydrogen) atoms. The Labute approximate surface area is 197 Å². The van der Waals surface area contributed by atoms with E-state index < -0.39 is 0 Å². The van der Waals surface area contributed by atoms with E-state index in [2.05, 4.69) is 48.4 Å². The van der Waals surface area contributed by atoms with E-state index in [0.29, 0.717) is 5.56 Å². The summed E-state index contributed by atoms with van der Waals surface area (Å²) in [7, 11) is 0. The highest BCUT2D eigenvalue weighted by atomic mass is 32.2. The molecular formula is C28H23NOS2. The van der Waals surface area contributed by atoms with E-state index in [1.54, 1.807) is 0 Å². The normalized spacial score (nSPS) is 14.6. The smallest absolute Gasteiger partial charge is 0.262 e. The molecule has 0 N–H and O–H groups in total. The SMILES string of the molecule is C#CCCCSC1Sc2ccccc2-c2c1c1ccccc1n2C(=O)c1ccc(C)cc1. The number of hydrogen-bond donors (Lipinski definition) is 0. The Balaban J connectivity index is 1.72. The van der Waals surface area contributed by atoms with Gasteiger partial charge in [-0.2, -0.15) is 0 Å². The predicted octanol–water partition coefficient (Wildman–Crippen LogP) is 7.56. The maximum Gasteiger partial charge on any atom is 0.262 e. The summed E-state index contributed by atoms with van der Waals surface area (Å²) in [5, 5.41) is 1.15. The summed E-state index contributed by atoms with van der Waals surface area (Å²) in [6.07, 6.45) is 7.25. The second kappa shape index (κ2) is 8.94. The molecule has 2 nitrogen and oxygen atoms in total. The summed E-state index contributed by atoms with van der Waals surface area (Å²) in [6.45, 7) is 2.04. The fourth-order valence-electron chi connectivity index (χ4n) is 4.23. The van der Waals surface area contributed by atoms with E-state index in [-0.39, 0.29) is 10.5 Å². The van der Waals surface area contributed by atoms with Crippen LogP contribution in [0.5, 0.6) is 0 Å². The maximum absolute atomic E-state index is 13.8. The number of benzene rings is 3. The highest BCUT2D eigenvalue weighted by Gasteiger charge is 2.33. The first-order valence-electron chi connectivity index (χ1n) is 10.7. The second-order valence-electron chi connectivity index (χ2n) is 7.91. The van der Waals surface area contributed by atoms with Crippen LogP contribution in [0.2, 0.25) is 0 Å². The Bertz CT molecular complexity index is 1340. The fourth-order valence-corrected chi connectivity index (χ4v) is 7.06. The number of unbranched alkanes of at least 4 members (excludes halogenated alkanes) is 1. The van der Waals surface area contributed by atoms with Gasteiger partial charge in [-0.15, -0.1) is 35.9 Å². The highest BCUT2D eigenvalue weighted by Crippen LogP contribution is 2.56. The monoisotopic (exact) mass is 453 g/mol.